The van der Waals surface area contributed by atoms with E-state index in [1.165, 1.54) is 0 Å². The molecule has 1 N–H and O–H groups in total. The van der Waals surface area contributed by atoms with Gasteiger partial charge in [0.15, 0.2) is 0 Å². The molecule has 1 aromatic rings. The smallest absolute Gasteiger partial charge is 0.217 e. The molecule has 1 rings (SSSR count). The number of pyridine rings is 1. The van der Waals surface area contributed by atoms with E-state index in [9.17, 15) is 0 Å². The third-order valence-corrected chi connectivity index (χ3v) is 2.42. The van der Waals surface area contributed by atoms with Crippen LogP contribution in [0.2, 0.25) is 0 Å². The number of hydrogen-bond donors (Lipinski definition) is 1. The highest BCUT2D eigenvalue weighted by Gasteiger charge is 2.12. The fourth-order valence-corrected chi connectivity index (χ4v) is 1.60. The maximum absolute atomic E-state index is 5.49. The highest BCUT2D eigenvalue weighted by atomic mass is 79.9. The van der Waals surface area contributed by atoms with Crippen molar-refractivity contribution >= 4 is 15.9 Å². The van der Waals surface area contributed by atoms with Crippen molar-refractivity contribution in [1.29, 1.82) is 0 Å². The summed E-state index contributed by atoms with van der Waals surface area (Å²) in [5, 5.41) is 3.42. The summed E-state index contributed by atoms with van der Waals surface area (Å²) in [5.74, 6) is 0.711. The third-order valence-electron chi connectivity index (χ3n) is 1.98. The van der Waals surface area contributed by atoms with Crippen molar-refractivity contribution in [3.05, 3.63) is 22.3 Å². The number of nitrogens with zero attached hydrogens (tertiary/aromatic N) is 1. The summed E-state index contributed by atoms with van der Waals surface area (Å²) in [4.78, 5) is 4.26. The molecule has 0 radical (unpaired) electrons. The highest BCUT2D eigenvalue weighted by molar-refractivity contribution is 9.10. The first-order valence-electron chi connectivity index (χ1n) is 5.44. The molecule has 0 aliphatic heterocycles. The lowest BCUT2D eigenvalue weighted by atomic mass is 10.1. The topological polar surface area (TPSA) is 34.1 Å². The molecule has 0 aliphatic rings. The molecule has 0 saturated heterocycles. The molecular weight excluding hydrogens is 268 g/mol. The van der Waals surface area contributed by atoms with Crippen molar-refractivity contribution in [3.63, 3.8) is 0 Å². The standard InChI is InChI=1S/C12H19BrN2O/c1-5-16-11-9(6-10(13)8-14-11)7-15-12(2,3)4/h6,8,15H,5,7H2,1-4H3. The Kier molecular flexibility index (Phi) is 4.74. The molecule has 0 fully saturated rings. The Balaban J connectivity index is 2.79. The van der Waals surface area contributed by atoms with E-state index in [1.807, 2.05) is 13.0 Å². The van der Waals surface area contributed by atoms with E-state index in [4.69, 9.17) is 4.74 Å². The van der Waals surface area contributed by atoms with E-state index < -0.39 is 0 Å². The van der Waals surface area contributed by atoms with Gasteiger partial charge in [0.05, 0.1) is 6.61 Å². The zero-order chi connectivity index (χ0) is 12.2. The van der Waals surface area contributed by atoms with Gasteiger partial charge in [0.25, 0.3) is 0 Å². The number of aromatic nitrogens is 1. The van der Waals surface area contributed by atoms with E-state index >= 15 is 0 Å². The molecule has 0 saturated carbocycles. The first-order valence-corrected chi connectivity index (χ1v) is 6.24. The summed E-state index contributed by atoms with van der Waals surface area (Å²) >= 11 is 3.42. The van der Waals surface area contributed by atoms with Gasteiger partial charge in [-0.05, 0) is 49.7 Å². The summed E-state index contributed by atoms with van der Waals surface area (Å²) in [5.41, 5.74) is 1.16. The Morgan fingerprint density at radius 2 is 2.12 bits per heavy atom. The van der Waals surface area contributed by atoms with Gasteiger partial charge in [-0.1, -0.05) is 0 Å². The van der Waals surface area contributed by atoms with E-state index in [1.54, 1.807) is 6.20 Å². The molecule has 16 heavy (non-hydrogen) atoms. The van der Waals surface area contributed by atoms with Crippen LogP contribution in [-0.4, -0.2) is 17.1 Å². The Hall–Kier alpha value is -0.610. The zero-order valence-electron chi connectivity index (χ0n) is 10.3. The Morgan fingerprint density at radius 3 is 2.69 bits per heavy atom. The summed E-state index contributed by atoms with van der Waals surface area (Å²) in [7, 11) is 0. The van der Waals surface area contributed by atoms with Gasteiger partial charge in [0.2, 0.25) is 5.88 Å². The second-order valence-electron chi connectivity index (χ2n) is 4.65. The van der Waals surface area contributed by atoms with Crippen LogP contribution >= 0.6 is 15.9 Å². The minimum atomic E-state index is 0.0891. The molecule has 4 heteroatoms. The van der Waals surface area contributed by atoms with Gasteiger partial charge in [-0.3, -0.25) is 0 Å². The summed E-state index contributed by atoms with van der Waals surface area (Å²) < 4.78 is 6.46. The average molecular weight is 287 g/mol. The lowest BCUT2D eigenvalue weighted by Gasteiger charge is -2.21. The Bertz CT molecular complexity index is 347. The van der Waals surface area contributed by atoms with Crippen molar-refractivity contribution in [3.8, 4) is 5.88 Å². The van der Waals surface area contributed by atoms with Crippen molar-refractivity contribution in [2.75, 3.05) is 6.61 Å². The van der Waals surface area contributed by atoms with Crippen molar-refractivity contribution in [1.82, 2.24) is 10.3 Å². The summed E-state index contributed by atoms with van der Waals surface area (Å²) in [6.45, 7) is 9.77. The zero-order valence-corrected chi connectivity index (χ0v) is 11.9. The van der Waals surface area contributed by atoms with Crippen LogP contribution in [0, 0.1) is 0 Å². The summed E-state index contributed by atoms with van der Waals surface area (Å²) in [6, 6.07) is 2.04. The maximum Gasteiger partial charge on any atom is 0.217 e. The normalized spacial score (nSPS) is 11.6. The highest BCUT2D eigenvalue weighted by Crippen LogP contribution is 2.20. The van der Waals surface area contributed by atoms with Crippen LogP contribution in [0.15, 0.2) is 16.7 Å². The fourth-order valence-electron chi connectivity index (χ4n) is 1.22. The third kappa shape index (κ3) is 4.49. The van der Waals surface area contributed by atoms with Gasteiger partial charge in [-0.15, -0.1) is 0 Å². The molecule has 0 aliphatic carbocycles. The SMILES string of the molecule is CCOc1ncc(Br)cc1CNC(C)(C)C. The predicted molar refractivity (Wildman–Crippen MR) is 69.7 cm³/mol. The molecule has 0 atom stereocenters. The van der Waals surface area contributed by atoms with E-state index in [0.717, 1.165) is 16.6 Å². The quantitative estimate of drug-likeness (QED) is 0.923. The monoisotopic (exact) mass is 286 g/mol. The lowest BCUT2D eigenvalue weighted by molar-refractivity contribution is 0.319. The first kappa shape index (κ1) is 13.5. The van der Waals surface area contributed by atoms with Crippen LogP contribution in [0.5, 0.6) is 5.88 Å². The Labute approximate surface area is 106 Å². The van der Waals surface area contributed by atoms with Gasteiger partial charge in [0, 0.05) is 28.3 Å². The second kappa shape index (κ2) is 5.64. The van der Waals surface area contributed by atoms with Gasteiger partial charge in [-0.25, -0.2) is 4.98 Å². The van der Waals surface area contributed by atoms with E-state index in [0.29, 0.717) is 12.5 Å². The molecule has 3 nitrogen and oxygen atoms in total. The first-order chi connectivity index (χ1) is 7.42. The van der Waals surface area contributed by atoms with Crippen LogP contribution in [0.1, 0.15) is 33.3 Å². The Morgan fingerprint density at radius 1 is 1.44 bits per heavy atom. The minimum Gasteiger partial charge on any atom is -0.478 e. The second-order valence-corrected chi connectivity index (χ2v) is 5.57. The fraction of sp³-hybridized carbons (Fsp3) is 0.583. The lowest BCUT2D eigenvalue weighted by Crippen LogP contribution is -2.35. The molecule has 0 aromatic carbocycles. The van der Waals surface area contributed by atoms with Crippen molar-refractivity contribution in [2.24, 2.45) is 0 Å². The molecule has 0 amide bonds. The maximum atomic E-state index is 5.49. The van der Waals surface area contributed by atoms with Crippen LogP contribution < -0.4 is 10.1 Å². The largest absolute Gasteiger partial charge is 0.478 e. The molecule has 1 aromatic heterocycles. The van der Waals surface area contributed by atoms with Gasteiger partial charge >= 0.3 is 0 Å². The molecule has 0 bridgehead atoms. The number of halogens is 1. The van der Waals surface area contributed by atoms with Gasteiger partial charge in [0.1, 0.15) is 0 Å². The van der Waals surface area contributed by atoms with E-state index in [-0.39, 0.29) is 5.54 Å². The van der Waals surface area contributed by atoms with Gasteiger partial charge in [-0.2, -0.15) is 0 Å². The van der Waals surface area contributed by atoms with E-state index in [2.05, 4.69) is 47.0 Å². The van der Waals surface area contributed by atoms with Crippen LogP contribution in [0.3, 0.4) is 0 Å². The molecular formula is C12H19BrN2O. The van der Waals surface area contributed by atoms with Crippen LogP contribution in [0.4, 0.5) is 0 Å². The number of hydrogen-bond acceptors (Lipinski definition) is 3. The number of rotatable bonds is 4. The molecule has 0 spiro atoms. The van der Waals surface area contributed by atoms with Crippen LogP contribution in [0.25, 0.3) is 0 Å². The predicted octanol–water partition coefficient (Wildman–Crippen LogP) is 3.13. The average Bonchev–Trinajstić information content (AvgIpc) is 2.17. The van der Waals surface area contributed by atoms with Crippen molar-refractivity contribution in [2.45, 2.75) is 39.8 Å². The minimum absolute atomic E-state index is 0.0891. The molecule has 1 heterocycles. The van der Waals surface area contributed by atoms with Crippen molar-refractivity contribution < 1.29 is 4.74 Å². The molecule has 90 valence electrons. The summed E-state index contributed by atoms with van der Waals surface area (Å²) in [6.07, 6.45) is 1.76. The number of nitrogens with one attached hydrogen (secondary N) is 1. The van der Waals surface area contributed by atoms with Crippen LogP contribution in [-0.2, 0) is 6.54 Å². The molecule has 0 unspecified atom stereocenters. The number of ether oxygens (including phenoxy) is 1. The van der Waals surface area contributed by atoms with Gasteiger partial charge < -0.3 is 10.1 Å².